The summed E-state index contributed by atoms with van der Waals surface area (Å²) in [5, 5.41) is 6.49. The van der Waals surface area contributed by atoms with Crippen LogP contribution in [0.15, 0.2) is 53.6 Å². The smallest absolute Gasteiger partial charge is 0.329 e. The molecule has 0 heterocycles. The maximum Gasteiger partial charge on any atom is 0.329 e. The van der Waals surface area contributed by atoms with Gasteiger partial charge in [0, 0.05) is 0 Å². The molecule has 7 nitrogen and oxygen atoms in total. The summed E-state index contributed by atoms with van der Waals surface area (Å²) >= 11 is 0. The van der Waals surface area contributed by atoms with Gasteiger partial charge in [-0.2, -0.15) is 5.10 Å². The lowest BCUT2D eigenvalue weighted by Gasteiger charge is -2.13. The third-order valence-corrected chi connectivity index (χ3v) is 3.96. The largest absolute Gasteiger partial charge is 0.490 e. The van der Waals surface area contributed by atoms with Gasteiger partial charge in [0.2, 0.25) is 0 Å². The van der Waals surface area contributed by atoms with E-state index in [2.05, 4.69) is 15.8 Å². The second-order valence-electron chi connectivity index (χ2n) is 6.29. The molecule has 2 aromatic rings. The first-order valence-electron chi connectivity index (χ1n) is 9.63. The van der Waals surface area contributed by atoms with Crippen molar-refractivity contribution in [3.63, 3.8) is 0 Å². The molecule has 0 saturated heterocycles. The van der Waals surface area contributed by atoms with Crippen LogP contribution in [0.5, 0.6) is 11.5 Å². The zero-order valence-electron chi connectivity index (χ0n) is 17.0. The predicted molar refractivity (Wildman–Crippen MR) is 112 cm³/mol. The molecule has 0 saturated carbocycles. The van der Waals surface area contributed by atoms with E-state index in [4.69, 9.17) is 9.47 Å². The SMILES string of the molecule is CCCOc1ccc(/C=N/NC(=O)C(=O)NC(C)c2ccccc2)cc1OCC. The first-order valence-corrected chi connectivity index (χ1v) is 9.63. The summed E-state index contributed by atoms with van der Waals surface area (Å²) in [5.74, 6) is -0.330. The van der Waals surface area contributed by atoms with E-state index in [1.54, 1.807) is 25.1 Å². The van der Waals surface area contributed by atoms with Crippen LogP contribution in [0.25, 0.3) is 0 Å². The predicted octanol–water partition coefficient (Wildman–Crippen LogP) is 3.20. The number of ether oxygens (including phenoxy) is 2. The zero-order chi connectivity index (χ0) is 21.1. The molecule has 0 radical (unpaired) electrons. The lowest BCUT2D eigenvalue weighted by Crippen LogP contribution is -2.39. The van der Waals surface area contributed by atoms with Crippen LogP contribution in [0.3, 0.4) is 0 Å². The Morgan fingerprint density at radius 2 is 1.79 bits per heavy atom. The summed E-state index contributed by atoms with van der Waals surface area (Å²) in [4.78, 5) is 24.0. The molecule has 0 bridgehead atoms. The average molecular weight is 397 g/mol. The third-order valence-electron chi connectivity index (χ3n) is 3.96. The van der Waals surface area contributed by atoms with E-state index < -0.39 is 11.8 Å². The van der Waals surface area contributed by atoms with Crippen LogP contribution in [0.2, 0.25) is 0 Å². The summed E-state index contributed by atoms with van der Waals surface area (Å²) < 4.78 is 11.2. The first-order chi connectivity index (χ1) is 14.0. The molecule has 1 unspecified atom stereocenters. The van der Waals surface area contributed by atoms with Gasteiger partial charge in [-0.15, -0.1) is 0 Å². The third kappa shape index (κ3) is 6.95. The van der Waals surface area contributed by atoms with Crippen molar-refractivity contribution in [2.75, 3.05) is 13.2 Å². The Bertz CT molecular complexity index is 837. The highest BCUT2D eigenvalue weighted by atomic mass is 16.5. The molecule has 0 aromatic heterocycles. The minimum atomic E-state index is -0.836. The van der Waals surface area contributed by atoms with Crippen LogP contribution in [-0.2, 0) is 9.59 Å². The van der Waals surface area contributed by atoms with Gasteiger partial charge in [-0.3, -0.25) is 9.59 Å². The first kappa shape index (κ1) is 21.9. The molecule has 2 amide bonds. The highest BCUT2D eigenvalue weighted by Gasteiger charge is 2.16. The Morgan fingerprint density at radius 3 is 2.48 bits per heavy atom. The monoisotopic (exact) mass is 397 g/mol. The standard InChI is InChI=1S/C22H27N3O4/c1-4-13-29-19-12-11-17(14-20(19)28-5-2)15-23-25-22(27)21(26)24-16(3)18-9-7-6-8-10-18/h6-12,14-16H,4-5,13H2,1-3H3,(H,24,26)(H,25,27)/b23-15+. The van der Waals surface area contributed by atoms with E-state index in [0.29, 0.717) is 30.3 Å². The van der Waals surface area contributed by atoms with Gasteiger partial charge in [-0.05, 0) is 49.6 Å². The molecule has 0 spiro atoms. The number of carbonyl (C=O) groups is 2. The van der Waals surface area contributed by atoms with Crippen LogP contribution in [-0.4, -0.2) is 31.2 Å². The Balaban J connectivity index is 1.93. The van der Waals surface area contributed by atoms with E-state index >= 15 is 0 Å². The summed E-state index contributed by atoms with van der Waals surface area (Å²) in [5.41, 5.74) is 3.85. The molecule has 0 aliphatic carbocycles. The quantitative estimate of drug-likeness (QED) is 0.386. The minimum absolute atomic E-state index is 0.289. The van der Waals surface area contributed by atoms with Crippen LogP contribution >= 0.6 is 0 Å². The van der Waals surface area contributed by atoms with Gasteiger partial charge in [0.1, 0.15) is 0 Å². The minimum Gasteiger partial charge on any atom is -0.490 e. The zero-order valence-corrected chi connectivity index (χ0v) is 17.0. The molecule has 2 N–H and O–H groups in total. The second kappa shape index (κ2) is 11.5. The number of hydrogen-bond donors (Lipinski definition) is 2. The van der Waals surface area contributed by atoms with Crippen LogP contribution in [0.1, 0.15) is 44.4 Å². The lowest BCUT2D eigenvalue weighted by molar-refractivity contribution is -0.139. The van der Waals surface area contributed by atoms with Crippen LogP contribution < -0.4 is 20.2 Å². The van der Waals surface area contributed by atoms with Crippen molar-refractivity contribution in [3.05, 3.63) is 59.7 Å². The molecule has 0 fully saturated rings. The number of nitrogens with zero attached hydrogens (tertiary/aromatic N) is 1. The number of hydrazone groups is 1. The molecular weight excluding hydrogens is 370 g/mol. The molecular formula is C22H27N3O4. The number of benzene rings is 2. The van der Waals surface area contributed by atoms with Gasteiger partial charge in [-0.1, -0.05) is 37.3 Å². The maximum atomic E-state index is 12.0. The average Bonchev–Trinajstić information content (AvgIpc) is 2.73. The highest BCUT2D eigenvalue weighted by molar-refractivity contribution is 6.35. The van der Waals surface area contributed by atoms with Crippen molar-refractivity contribution >= 4 is 18.0 Å². The van der Waals surface area contributed by atoms with Crippen molar-refractivity contribution in [3.8, 4) is 11.5 Å². The Morgan fingerprint density at radius 1 is 1.03 bits per heavy atom. The number of carbonyl (C=O) groups excluding carboxylic acids is 2. The maximum absolute atomic E-state index is 12.0. The second-order valence-corrected chi connectivity index (χ2v) is 6.29. The summed E-state index contributed by atoms with van der Waals surface area (Å²) in [6.07, 6.45) is 2.34. The molecule has 2 rings (SSSR count). The van der Waals surface area contributed by atoms with E-state index in [9.17, 15) is 9.59 Å². The molecule has 1 atom stereocenters. The van der Waals surface area contributed by atoms with Gasteiger partial charge in [0.25, 0.3) is 0 Å². The van der Waals surface area contributed by atoms with E-state index in [1.165, 1.54) is 6.21 Å². The molecule has 7 heteroatoms. The topological polar surface area (TPSA) is 89.0 Å². The Hall–Kier alpha value is -3.35. The Kier molecular flexibility index (Phi) is 8.69. The van der Waals surface area contributed by atoms with Crippen molar-refractivity contribution < 1.29 is 19.1 Å². The highest BCUT2D eigenvalue weighted by Crippen LogP contribution is 2.28. The van der Waals surface area contributed by atoms with E-state index in [0.717, 1.165) is 12.0 Å². The van der Waals surface area contributed by atoms with Gasteiger partial charge >= 0.3 is 11.8 Å². The van der Waals surface area contributed by atoms with E-state index in [1.807, 2.05) is 44.2 Å². The van der Waals surface area contributed by atoms with Gasteiger partial charge in [0.15, 0.2) is 11.5 Å². The number of amides is 2. The van der Waals surface area contributed by atoms with Crippen LogP contribution in [0.4, 0.5) is 0 Å². The van der Waals surface area contributed by atoms with Gasteiger partial charge < -0.3 is 14.8 Å². The molecule has 0 aliphatic rings. The van der Waals surface area contributed by atoms with Crippen LogP contribution in [0, 0.1) is 0 Å². The van der Waals surface area contributed by atoms with Crippen molar-refractivity contribution in [2.24, 2.45) is 5.10 Å². The van der Waals surface area contributed by atoms with Crippen molar-refractivity contribution in [1.82, 2.24) is 10.7 Å². The fourth-order valence-electron chi connectivity index (χ4n) is 2.51. The fraction of sp³-hybridized carbons (Fsp3) is 0.318. The Labute approximate surface area is 171 Å². The van der Waals surface area contributed by atoms with Crippen molar-refractivity contribution in [2.45, 2.75) is 33.2 Å². The van der Waals surface area contributed by atoms with Gasteiger partial charge in [0.05, 0.1) is 25.5 Å². The van der Waals surface area contributed by atoms with E-state index in [-0.39, 0.29) is 6.04 Å². The summed E-state index contributed by atoms with van der Waals surface area (Å²) in [6, 6.07) is 14.5. The molecule has 154 valence electrons. The van der Waals surface area contributed by atoms with Crippen molar-refractivity contribution in [1.29, 1.82) is 0 Å². The van der Waals surface area contributed by atoms with Gasteiger partial charge in [-0.25, -0.2) is 5.43 Å². The number of hydrogen-bond acceptors (Lipinski definition) is 5. The lowest BCUT2D eigenvalue weighted by atomic mass is 10.1. The number of nitrogens with one attached hydrogen (secondary N) is 2. The molecule has 29 heavy (non-hydrogen) atoms. The summed E-state index contributed by atoms with van der Waals surface area (Å²) in [6.45, 7) is 6.82. The normalized spacial score (nSPS) is 11.7. The molecule has 2 aromatic carbocycles. The number of rotatable bonds is 9. The fourth-order valence-corrected chi connectivity index (χ4v) is 2.51. The summed E-state index contributed by atoms with van der Waals surface area (Å²) in [7, 11) is 0. The molecule has 0 aliphatic heterocycles.